The molecule has 0 atom stereocenters. The van der Waals surface area contributed by atoms with Gasteiger partial charge in [-0.2, -0.15) is 20.5 Å². The van der Waals surface area contributed by atoms with Gasteiger partial charge in [0.15, 0.2) is 11.5 Å². The SMILES string of the molecule is O=C(Oc1ccccc1N=Nc1ccccc1OC(=O)c1ccc(N=Nc2ccccc2)cc1)c1ccc(N=Nc2ccccc2)cc1. The molecule has 0 bridgehead atoms. The lowest BCUT2D eigenvalue weighted by molar-refractivity contribution is 0.0725. The van der Waals surface area contributed by atoms with Crippen LogP contribution in [-0.4, -0.2) is 11.9 Å². The summed E-state index contributed by atoms with van der Waals surface area (Å²) in [4.78, 5) is 25.9. The van der Waals surface area contributed by atoms with E-state index in [1.165, 1.54) is 0 Å². The summed E-state index contributed by atoms with van der Waals surface area (Å²) in [5.74, 6) is -0.742. The van der Waals surface area contributed by atoms with Crippen LogP contribution in [0, 0.1) is 0 Å². The van der Waals surface area contributed by atoms with Crippen LogP contribution in [0.5, 0.6) is 11.5 Å². The Bertz CT molecular complexity index is 1950. The number of rotatable bonds is 10. The molecule has 0 heterocycles. The molecule has 0 unspecified atom stereocenters. The van der Waals surface area contributed by atoms with Gasteiger partial charge in [0.1, 0.15) is 11.4 Å². The second-order valence-corrected chi connectivity index (χ2v) is 10.1. The van der Waals surface area contributed by atoms with Crippen molar-refractivity contribution < 1.29 is 19.1 Å². The minimum atomic E-state index is -0.578. The normalized spacial score (nSPS) is 11.2. The average Bonchev–Trinajstić information content (AvgIpc) is 3.14. The van der Waals surface area contributed by atoms with Crippen LogP contribution in [0.3, 0.4) is 0 Å². The number of hydrogen-bond acceptors (Lipinski definition) is 10. The maximum Gasteiger partial charge on any atom is 0.343 e. The molecule has 10 heteroatoms. The summed E-state index contributed by atoms with van der Waals surface area (Å²) in [5, 5.41) is 25.3. The molecular weight excluding hydrogens is 604 g/mol. The van der Waals surface area contributed by atoms with Crippen molar-refractivity contribution in [1.82, 2.24) is 0 Å². The Morgan fingerprint density at radius 3 is 1.02 bits per heavy atom. The average molecular weight is 631 g/mol. The lowest BCUT2D eigenvalue weighted by Gasteiger charge is -2.08. The van der Waals surface area contributed by atoms with E-state index in [-0.39, 0.29) is 11.5 Å². The Kier molecular flexibility index (Phi) is 9.95. The van der Waals surface area contributed by atoms with Gasteiger partial charge in [-0.25, -0.2) is 9.59 Å². The largest absolute Gasteiger partial charge is 0.421 e. The van der Waals surface area contributed by atoms with Crippen molar-refractivity contribution in [1.29, 1.82) is 0 Å². The highest BCUT2D eigenvalue weighted by Crippen LogP contribution is 2.33. The van der Waals surface area contributed by atoms with Crippen LogP contribution in [-0.2, 0) is 0 Å². The molecule has 0 radical (unpaired) electrons. The number of ether oxygens (including phenoxy) is 2. The molecule has 6 aromatic rings. The number of carbonyl (C=O) groups excluding carboxylic acids is 2. The number of esters is 2. The van der Waals surface area contributed by atoms with Gasteiger partial charge in [0, 0.05) is 0 Å². The summed E-state index contributed by atoms with van der Waals surface area (Å²) in [6.07, 6.45) is 0. The van der Waals surface area contributed by atoms with E-state index < -0.39 is 11.9 Å². The Hall–Kier alpha value is -6.94. The maximum absolute atomic E-state index is 12.9. The Labute approximate surface area is 275 Å². The zero-order valence-corrected chi connectivity index (χ0v) is 25.3. The molecule has 48 heavy (non-hydrogen) atoms. The van der Waals surface area contributed by atoms with E-state index in [1.54, 1.807) is 97.1 Å². The van der Waals surface area contributed by atoms with Gasteiger partial charge in [-0.05, 0) is 97.1 Å². The van der Waals surface area contributed by atoms with E-state index in [4.69, 9.17) is 9.47 Å². The van der Waals surface area contributed by atoms with E-state index in [1.807, 2.05) is 60.7 Å². The van der Waals surface area contributed by atoms with E-state index >= 15 is 0 Å². The van der Waals surface area contributed by atoms with Crippen molar-refractivity contribution >= 4 is 46.1 Å². The smallest absolute Gasteiger partial charge is 0.343 e. The van der Waals surface area contributed by atoms with Gasteiger partial charge in [-0.15, -0.1) is 10.2 Å². The lowest BCUT2D eigenvalue weighted by atomic mass is 10.2. The molecule has 0 saturated heterocycles. The van der Waals surface area contributed by atoms with Crippen molar-refractivity contribution in [2.24, 2.45) is 30.7 Å². The molecule has 0 aliphatic rings. The first-order chi connectivity index (χ1) is 23.6. The summed E-state index contributed by atoms with van der Waals surface area (Å²) in [6, 6.07) is 45.3. The monoisotopic (exact) mass is 630 g/mol. The zero-order valence-electron chi connectivity index (χ0n) is 25.3. The summed E-state index contributed by atoms with van der Waals surface area (Å²) in [7, 11) is 0. The van der Waals surface area contributed by atoms with Gasteiger partial charge < -0.3 is 9.47 Å². The molecule has 0 spiro atoms. The summed E-state index contributed by atoms with van der Waals surface area (Å²) >= 11 is 0. The quantitative estimate of drug-likeness (QED) is 0.0847. The number of benzene rings is 6. The summed E-state index contributed by atoms with van der Waals surface area (Å²) in [5.41, 5.74) is 3.88. The molecule has 0 N–H and O–H groups in total. The molecule has 232 valence electrons. The van der Waals surface area contributed by atoms with Crippen molar-refractivity contribution in [2.45, 2.75) is 0 Å². The topological polar surface area (TPSA) is 127 Å². The first-order valence-electron chi connectivity index (χ1n) is 14.8. The predicted molar refractivity (Wildman–Crippen MR) is 181 cm³/mol. The first-order valence-corrected chi connectivity index (χ1v) is 14.8. The van der Waals surface area contributed by atoms with Crippen LogP contribution < -0.4 is 9.47 Å². The van der Waals surface area contributed by atoms with Crippen LogP contribution in [0.4, 0.5) is 34.1 Å². The molecular formula is C38H26N6O4. The van der Waals surface area contributed by atoms with Crippen molar-refractivity contribution in [2.75, 3.05) is 0 Å². The third-order valence-electron chi connectivity index (χ3n) is 6.68. The van der Waals surface area contributed by atoms with Gasteiger partial charge in [0.2, 0.25) is 0 Å². The van der Waals surface area contributed by atoms with Crippen LogP contribution in [0.25, 0.3) is 0 Å². The van der Waals surface area contributed by atoms with E-state index in [9.17, 15) is 9.59 Å². The van der Waals surface area contributed by atoms with E-state index in [0.717, 1.165) is 11.4 Å². The molecule has 0 aliphatic carbocycles. The minimum absolute atomic E-state index is 0.207. The Morgan fingerprint density at radius 1 is 0.333 bits per heavy atom. The second kappa shape index (κ2) is 15.4. The molecule has 6 rings (SSSR count). The van der Waals surface area contributed by atoms with Gasteiger partial charge in [0.05, 0.1) is 33.9 Å². The van der Waals surface area contributed by atoms with Crippen molar-refractivity contribution in [3.8, 4) is 11.5 Å². The van der Waals surface area contributed by atoms with Crippen LogP contribution in [0.1, 0.15) is 20.7 Å². The molecule has 0 aliphatic heterocycles. The van der Waals surface area contributed by atoms with Gasteiger partial charge in [0.25, 0.3) is 0 Å². The number of nitrogens with zero attached hydrogens (tertiary/aromatic N) is 6. The van der Waals surface area contributed by atoms with Gasteiger partial charge in [-0.3, -0.25) is 0 Å². The van der Waals surface area contributed by atoms with Crippen molar-refractivity contribution in [3.05, 3.63) is 169 Å². The van der Waals surface area contributed by atoms with Crippen LogP contribution >= 0.6 is 0 Å². The van der Waals surface area contributed by atoms with Gasteiger partial charge >= 0.3 is 11.9 Å². The van der Waals surface area contributed by atoms with E-state index in [2.05, 4.69) is 30.7 Å². The highest BCUT2D eigenvalue weighted by atomic mass is 16.5. The van der Waals surface area contributed by atoms with Crippen LogP contribution in [0.15, 0.2) is 188 Å². The minimum Gasteiger partial charge on any atom is -0.421 e. The van der Waals surface area contributed by atoms with E-state index in [0.29, 0.717) is 33.9 Å². The Morgan fingerprint density at radius 2 is 0.646 bits per heavy atom. The second-order valence-electron chi connectivity index (χ2n) is 10.1. The lowest BCUT2D eigenvalue weighted by Crippen LogP contribution is -2.08. The third kappa shape index (κ3) is 8.40. The third-order valence-corrected chi connectivity index (χ3v) is 6.68. The highest BCUT2D eigenvalue weighted by molar-refractivity contribution is 5.92. The molecule has 0 amide bonds. The molecule has 0 fully saturated rings. The fraction of sp³-hybridized carbons (Fsp3) is 0. The molecule has 6 aromatic carbocycles. The molecule has 0 saturated carbocycles. The first kappa shape index (κ1) is 31.1. The van der Waals surface area contributed by atoms with Gasteiger partial charge in [-0.1, -0.05) is 60.7 Å². The standard InChI is InChI=1S/C38H26N6O4/c45-37(27-19-23-31(24-20-27)41-39-29-11-3-1-4-12-29)47-35-17-9-7-15-33(35)43-44-34-16-8-10-18-36(34)48-38(46)28-21-25-32(26-22-28)42-40-30-13-5-2-6-14-30/h1-26H. The van der Waals surface area contributed by atoms with Crippen LogP contribution in [0.2, 0.25) is 0 Å². The fourth-order valence-corrected chi connectivity index (χ4v) is 4.23. The molecule has 10 nitrogen and oxygen atoms in total. The zero-order chi connectivity index (χ0) is 33.0. The summed E-state index contributed by atoms with van der Waals surface area (Å²) in [6.45, 7) is 0. The Balaban J connectivity index is 1.10. The number of azo groups is 3. The highest BCUT2D eigenvalue weighted by Gasteiger charge is 2.14. The molecule has 0 aromatic heterocycles. The summed E-state index contributed by atoms with van der Waals surface area (Å²) < 4.78 is 11.3. The maximum atomic E-state index is 12.9. The van der Waals surface area contributed by atoms with Crippen molar-refractivity contribution in [3.63, 3.8) is 0 Å². The number of para-hydroxylation sites is 2. The fourth-order valence-electron chi connectivity index (χ4n) is 4.23. The number of hydrogen-bond donors (Lipinski definition) is 0. The number of carbonyl (C=O) groups is 2. The predicted octanol–water partition coefficient (Wildman–Crippen LogP) is 11.4.